The largest absolute Gasteiger partial charge is 0.413 e. The van der Waals surface area contributed by atoms with Crippen LogP contribution in [0.2, 0.25) is 19.6 Å². The fraction of sp³-hybridized carbons (Fsp3) is 0.952. The van der Waals surface area contributed by atoms with E-state index < -0.39 is 8.32 Å². The molecule has 0 aliphatic heterocycles. The average Bonchev–Trinajstić information content (AvgIpc) is 2.74. The average molecular weight is 353 g/mol. The lowest BCUT2D eigenvalue weighted by molar-refractivity contribution is -0.130. The number of fused-ring (bicyclic) bond motifs is 1. The molecule has 0 bridgehead atoms. The number of ketones is 1. The van der Waals surface area contributed by atoms with Crippen LogP contribution in [0, 0.1) is 23.2 Å². The molecule has 2 rings (SSSR count). The van der Waals surface area contributed by atoms with E-state index in [4.69, 9.17) is 4.43 Å². The molecule has 4 atom stereocenters. The van der Waals surface area contributed by atoms with Crippen LogP contribution >= 0.6 is 0 Å². The Balaban J connectivity index is 1.87. The minimum absolute atomic E-state index is 0.00705. The Morgan fingerprint density at radius 2 is 1.96 bits per heavy atom. The van der Waals surface area contributed by atoms with E-state index in [-0.39, 0.29) is 5.60 Å². The molecular formula is C21H40O2Si. The molecule has 0 aromatic carbocycles. The van der Waals surface area contributed by atoms with Crippen molar-refractivity contribution in [2.75, 3.05) is 0 Å². The third-order valence-corrected chi connectivity index (χ3v) is 7.81. The molecule has 2 aliphatic carbocycles. The van der Waals surface area contributed by atoms with Crippen molar-refractivity contribution in [1.29, 1.82) is 0 Å². The van der Waals surface area contributed by atoms with Gasteiger partial charge >= 0.3 is 0 Å². The number of hydrogen-bond acceptors (Lipinski definition) is 2. The molecule has 0 aromatic rings. The number of Topliss-reactive ketones (excluding diaryl/α,β-unsaturated/α-hetero) is 1. The molecule has 0 aromatic heterocycles. The van der Waals surface area contributed by atoms with Crippen molar-refractivity contribution in [2.45, 2.75) is 104 Å². The molecule has 0 heterocycles. The smallest absolute Gasteiger partial charge is 0.184 e. The zero-order valence-corrected chi connectivity index (χ0v) is 18.2. The van der Waals surface area contributed by atoms with Crippen molar-refractivity contribution in [2.24, 2.45) is 23.2 Å². The molecule has 3 heteroatoms. The maximum absolute atomic E-state index is 12.3. The van der Waals surface area contributed by atoms with Gasteiger partial charge in [0.15, 0.2) is 8.32 Å². The van der Waals surface area contributed by atoms with E-state index in [9.17, 15) is 4.79 Å². The van der Waals surface area contributed by atoms with Crippen LogP contribution in [0.5, 0.6) is 0 Å². The SMILES string of the molecule is C[C@H](CCCC(C)(C)O[Si](C)(C)C)C1CC[C@H]2C(=O)CCC[C@]12C. The minimum atomic E-state index is -1.48. The standard InChI is InChI=1S/C21H40O2Si/c1-16(10-8-14-20(2,3)23-24(5,6)7)17-12-13-18-19(22)11-9-15-21(17,18)4/h16-18H,8-15H2,1-7H3/t16-,17?,18+,21-/m1/s1. The summed E-state index contributed by atoms with van der Waals surface area (Å²) >= 11 is 0. The summed E-state index contributed by atoms with van der Waals surface area (Å²) in [5, 5.41) is 0. The van der Waals surface area contributed by atoms with Gasteiger partial charge in [-0.3, -0.25) is 4.79 Å². The summed E-state index contributed by atoms with van der Waals surface area (Å²) in [5.41, 5.74) is 0.298. The second kappa shape index (κ2) is 7.23. The molecule has 0 saturated heterocycles. The fourth-order valence-corrected chi connectivity index (χ4v) is 7.60. The molecule has 2 saturated carbocycles. The van der Waals surface area contributed by atoms with Crippen molar-refractivity contribution in [3.8, 4) is 0 Å². The maximum atomic E-state index is 12.3. The van der Waals surface area contributed by atoms with Crippen LogP contribution in [0.4, 0.5) is 0 Å². The topological polar surface area (TPSA) is 26.3 Å². The van der Waals surface area contributed by atoms with Crippen molar-refractivity contribution in [1.82, 2.24) is 0 Å². The summed E-state index contributed by atoms with van der Waals surface area (Å²) in [7, 11) is -1.48. The molecule has 0 amide bonds. The summed E-state index contributed by atoms with van der Waals surface area (Å²) in [5.74, 6) is 2.40. The van der Waals surface area contributed by atoms with Gasteiger partial charge < -0.3 is 4.43 Å². The van der Waals surface area contributed by atoms with Gasteiger partial charge in [0.2, 0.25) is 0 Å². The van der Waals surface area contributed by atoms with Gasteiger partial charge in [-0.1, -0.05) is 26.7 Å². The normalized spacial score (nSPS) is 32.7. The van der Waals surface area contributed by atoms with Crippen molar-refractivity contribution in [3.63, 3.8) is 0 Å². The summed E-state index contributed by atoms with van der Waals surface area (Å²) < 4.78 is 6.35. The lowest BCUT2D eigenvalue weighted by Crippen LogP contribution is -2.39. The first-order valence-corrected chi connectivity index (χ1v) is 13.6. The van der Waals surface area contributed by atoms with Crippen LogP contribution in [-0.2, 0) is 9.22 Å². The Bertz CT molecular complexity index is 451. The molecule has 0 N–H and O–H groups in total. The molecule has 24 heavy (non-hydrogen) atoms. The second-order valence-corrected chi connectivity index (χ2v) is 14.8. The lowest BCUT2D eigenvalue weighted by Gasteiger charge is -2.42. The predicted octanol–water partition coefficient (Wildman–Crippen LogP) is 6.21. The molecule has 0 radical (unpaired) electrons. The molecule has 2 nitrogen and oxygen atoms in total. The van der Waals surface area contributed by atoms with E-state index in [1.807, 2.05) is 0 Å². The van der Waals surface area contributed by atoms with E-state index >= 15 is 0 Å². The van der Waals surface area contributed by atoms with Crippen molar-refractivity contribution >= 4 is 14.1 Å². The zero-order chi connectivity index (χ0) is 18.2. The van der Waals surface area contributed by atoms with Crippen LogP contribution in [0.25, 0.3) is 0 Å². The van der Waals surface area contributed by atoms with Crippen molar-refractivity contribution in [3.05, 3.63) is 0 Å². The third-order valence-electron chi connectivity index (χ3n) is 6.64. The predicted molar refractivity (Wildman–Crippen MR) is 105 cm³/mol. The number of rotatable bonds is 7. The van der Waals surface area contributed by atoms with E-state index in [1.54, 1.807) is 0 Å². The minimum Gasteiger partial charge on any atom is -0.413 e. The Kier molecular flexibility index (Phi) is 6.07. The highest BCUT2D eigenvalue weighted by molar-refractivity contribution is 6.69. The summed E-state index contributed by atoms with van der Waals surface area (Å²) in [4.78, 5) is 12.3. The quantitative estimate of drug-likeness (QED) is 0.509. The van der Waals surface area contributed by atoms with Crippen LogP contribution in [0.3, 0.4) is 0 Å². The summed E-state index contributed by atoms with van der Waals surface area (Å²) in [6.45, 7) is 16.2. The molecular weight excluding hydrogens is 312 g/mol. The molecule has 2 aliphatic rings. The van der Waals surface area contributed by atoms with E-state index in [0.717, 1.165) is 37.5 Å². The number of carbonyl (C=O) groups excluding carboxylic acids is 1. The third kappa shape index (κ3) is 4.72. The van der Waals surface area contributed by atoms with Crippen molar-refractivity contribution < 1.29 is 9.22 Å². The Morgan fingerprint density at radius 3 is 2.58 bits per heavy atom. The molecule has 140 valence electrons. The van der Waals surface area contributed by atoms with Gasteiger partial charge in [-0.05, 0) is 82.8 Å². The van der Waals surface area contributed by atoms with E-state index in [0.29, 0.717) is 17.1 Å². The Hall–Kier alpha value is -0.153. The zero-order valence-electron chi connectivity index (χ0n) is 17.2. The first-order valence-electron chi connectivity index (χ1n) is 10.2. The highest BCUT2D eigenvalue weighted by Crippen LogP contribution is 2.57. The van der Waals surface area contributed by atoms with Crippen LogP contribution < -0.4 is 0 Å². The lowest BCUT2D eigenvalue weighted by atomic mass is 9.62. The van der Waals surface area contributed by atoms with E-state index in [1.165, 1.54) is 25.7 Å². The first-order chi connectivity index (χ1) is 10.9. The van der Waals surface area contributed by atoms with Crippen LogP contribution in [0.15, 0.2) is 0 Å². The highest BCUT2D eigenvalue weighted by atomic mass is 28.4. The van der Waals surface area contributed by atoms with Gasteiger partial charge in [-0.25, -0.2) is 0 Å². The van der Waals surface area contributed by atoms with Crippen LogP contribution in [-0.4, -0.2) is 19.7 Å². The molecule has 1 unspecified atom stereocenters. The van der Waals surface area contributed by atoms with Gasteiger partial charge in [0.25, 0.3) is 0 Å². The van der Waals surface area contributed by atoms with E-state index in [2.05, 4.69) is 47.3 Å². The van der Waals surface area contributed by atoms with Gasteiger partial charge in [0, 0.05) is 12.3 Å². The Labute approximate surface area is 151 Å². The van der Waals surface area contributed by atoms with Gasteiger partial charge in [-0.15, -0.1) is 0 Å². The fourth-order valence-electron chi connectivity index (χ4n) is 5.84. The van der Waals surface area contributed by atoms with Gasteiger partial charge in [0.05, 0.1) is 5.60 Å². The number of carbonyl (C=O) groups is 1. The summed E-state index contributed by atoms with van der Waals surface area (Å²) in [6, 6.07) is 0. The van der Waals surface area contributed by atoms with Gasteiger partial charge in [0.1, 0.15) is 5.78 Å². The second-order valence-electron chi connectivity index (χ2n) is 10.4. The summed E-state index contributed by atoms with van der Waals surface area (Å²) in [6.07, 6.45) is 9.30. The molecule has 0 spiro atoms. The van der Waals surface area contributed by atoms with Crippen LogP contribution in [0.1, 0.15) is 79.1 Å². The maximum Gasteiger partial charge on any atom is 0.184 e. The highest BCUT2D eigenvalue weighted by Gasteiger charge is 2.52. The monoisotopic (exact) mass is 352 g/mol. The van der Waals surface area contributed by atoms with Gasteiger partial charge in [-0.2, -0.15) is 0 Å². The number of hydrogen-bond donors (Lipinski definition) is 0. The Morgan fingerprint density at radius 1 is 1.29 bits per heavy atom. The molecule has 2 fully saturated rings. The first kappa shape index (κ1) is 20.2.